The highest BCUT2D eigenvalue weighted by molar-refractivity contribution is 7.80. The van der Waals surface area contributed by atoms with Gasteiger partial charge in [-0.1, -0.05) is 18.2 Å². The van der Waals surface area contributed by atoms with Crippen LogP contribution in [0.4, 0.5) is 22.9 Å². The number of aryl methyl sites for hydroxylation is 1. The Balaban J connectivity index is 1.09. The molecule has 234 valence electrons. The van der Waals surface area contributed by atoms with Crippen LogP contribution in [0.5, 0.6) is 0 Å². The number of aromatic amines is 1. The number of amides is 1. The van der Waals surface area contributed by atoms with Gasteiger partial charge in [0.2, 0.25) is 0 Å². The maximum absolute atomic E-state index is 13.2. The van der Waals surface area contributed by atoms with Crippen LogP contribution >= 0.6 is 0 Å². The number of hydrogen-bond acceptors (Lipinski definition) is 10. The summed E-state index contributed by atoms with van der Waals surface area (Å²) in [7, 11) is 2.15. The molecular weight excluding hydrogens is 596 g/mol. The van der Waals surface area contributed by atoms with Crippen LogP contribution in [-0.2, 0) is 24.4 Å². The Hall–Kier alpha value is -4.83. The number of nitrogens with one attached hydrogen (secondary N) is 4. The molecule has 1 unspecified atom stereocenters. The zero-order valence-corrected chi connectivity index (χ0v) is 25.6. The van der Waals surface area contributed by atoms with Crippen molar-refractivity contribution in [2.24, 2.45) is 0 Å². The molecule has 0 saturated carbocycles. The SMILES string of the molecule is Cc1oc(/C=C/Cn2ccc3c(Nc4cn[nH]c4C(=O)Nc4ccc(CN5CCN(C)CC5)cc4)ncnc32)cc1NS(=O)[O-]. The molecule has 45 heavy (non-hydrogen) atoms. The lowest BCUT2D eigenvalue weighted by molar-refractivity contribution is 0.102. The van der Waals surface area contributed by atoms with Gasteiger partial charge in [0.05, 0.1) is 23.0 Å². The van der Waals surface area contributed by atoms with Gasteiger partial charge >= 0.3 is 0 Å². The highest BCUT2D eigenvalue weighted by Gasteiger charge is 2.18. The van der Waals surface area contributed by atoms with Gasteiger partial charge in [-0.2, -0.15) is 5.10 Å². The van der Waals surface area contributed by atoms with Gasteiger partial charge in [0.1, 0.15) is 35.0 Å². The number of carbonyl (C=O) groups excluding carboxylic acids is 1. The third kappa shape index (κ3) is 7.29. The summed E-state index contributed by atoms with van der Waals surface area (Å²) in [5.41, 5.74) is 3.71. The quantitative estimate of drug-likeness (QED) is 0.158. The van der Waals surface area contributed by atoms with E-state index in [1.54, 1.807) is 25.3 Å². The lowest BCUT2D eigenvalue weighted by Crippen LogP contribution is -2.43. The summed E-state index contributed by atoms with van der Waals surface area (Å²) in [5.74, 6) is 1.18. The Kier molecular flexibility index (Phi) is 9.02. The number of anilines is 4. The molecule has 1 fully saturated rings. The maximum Gasteiger partial charge on any atom is 0.275 e. The van der Waals surface area contributed by atoms with Crippen molar-refractivity contribution in [2.75, 3.05) is 48.6 Å². The number of rotatable bonds is 11. The molecule has 1 aromatic carbocycles. The van der Waals surface area contributed by atoms with Crippen molar-refractivity contribution in [1.29, 1.82) is 0 Å². The second-order valence-corrected chi connectivity index (χ2v) is 11.5. The van der Waals surface area contributed by atoms with Crippen molar-refractivity contribution in [2.45, 2.75) is 20.0 Å². The highest BCUT2D eigenvalue weighted by atomic mass is 32.2. The van der Waals surface area contributed by atoms with Gasteiger partial charge in [-0.25, -0.2) is 9.97 Å². The Labute approximate surface area is 261 Å². The van der Waals surface area contributed by atoms with Crippen LogP contribution < -0.4 is 15.4 Å². The minimum absolute atomic E-state index is 0.272. The molecule has 6 rings (SSSR count). The van der Waals surface area contributed by atoms with E-state index in [0.717, 1.165) is 38.1 Å². The number of benzene rings is 1. The Morgan fingerprint density at radius 1 is 1.13 bits per heavy atom. The number of hydrogen-bond donors (Lipinski definition) is 4. The molecule has 15 heteroatoms. The van der Waals surface area contributed by atoms with Crippen LogP contribution in [-0.4, -0.2) is 82.4 Å². The van der Waals surface area contributed by atoms with Crippen molar-refractivity contribution < 1.29 is 18.0 Å². The van der Waals surface area contributed by atoms with Crippen molar-refractivity contribution in [3.8, 4) is 0 Å². The number of H-pyrrole nitrogens is 1. The van der Waals surface area contributed by atoms with Crippen LogP contribution in [0.1, 0.15) is 27.6 Å². The van der Waals surface area contributed by atoms with Crippen molar-refractivity contribution in [3.63, 3.8) is 0 Å². The minimum atomic E-state index is -2.43. The van der Waals surface area contributed by atoms with Crippen LogP contribution in [0.2, 0.25) is 0 Å². The number of furan rings is 1. The molecule has 0 radical (unpaired) electrons. The molecule has 1 saturated heterocycles. The summed E-state index contributed by atoms with van der Waals surface area (Å²) in [6, 6.07) is 11.4. The molecule has 4 aromatic heterocycles. The molecule has 14 nitrogen and oxygen atoms in total. The second-order valence-electron chi connectivity index (χ2n) is 10.8. The average Bonchev–Trinajstić information content (AvgIpc) is 3.74. The first kappa shape index (κ1) is 30.2. The fraction of sp³-hybridized carbons (Fsp3) is 0.267. The fourth-order valence-corrected chi connectivity index (χ4v) is 5.53. The van der Waals surface area contributed by atoms with Crippen LogP contribution in [0, 0.1) is 6.92 Å². The van der Waals surface area contributed by atoms with Gasteiger partial charge in [0.25, 0.3) is 5.91 Å². The summed E-state index contributed by atoms with van der Waals surface area (Å²) in [6.45, 7) is 7.28. The molecule has 0 spiro atoms. The van der Waals surface area contributed by atoms with E-state index in [4.69, 9.17) is 4.42 Å². The predicted octanol–water partition coefficient (Wildman–Crippen LogP) is 3.72. The number of nitrogens with zero attached hydrogens (tertiary/aromatic N) is 6. The molecule has 1 aliphatic rings. The lowest BCUT2D eigenvalue weighted by atomic mass is 10.1. The Bertz CT molecular complexity index is 1840. The van der Waals surface area contributed by atoms with E-state index in [2.05, 4.69) is 52.4 Å². The zero-order chi connectivity index (χ0) is 31.3. The van der Waals surface area contributed by atoms with Gasteiger partial charge in [0, 0.05) is 68.5 Å². The summed E-state index contributed by atoms with van der Waals surface area (Å²) < 4.78 is 31.7. The third-order valence-corrected chi connectivity index (χ3v) is 7.99. The van der Waals surface area contributed by atoms with Gasteiger partial charge in [0.15, 0.2) is 0 Å². The molecular formula is C30H33N10O4S-. The Morgan fingerprint density at radius 3 is 2.71 bits per heavy atom. The van der Waals surface area contributed by atoms with Crippen LogP contribution in [0.15, 0.2) is 65.6 Å². The van der Waals surface area contributed by atoms with E-state index in [-0.39, 0.29) is 11.6 Å². The summed E-state index contributed by atoms with van der Waals surface area (Å²) in [5, 5.41) is 13.8. The predicted molar refractivity (Wildman–Crippen MR) is 172 cm³/mol. The first-order valence-corrected chi connectivity index (χ1v) is 15.4. The van der Waals surface area contributed by atoms with E-state index in [9.17, 15) is 13.6 Å². The van der Waals surface area contributed by atoms with Gasteiger partial charge in [-0.15, -0.1) is 0 Å². The Morgan fingerprint density at radius 2 is 1.93 bits per heavy atom. The number of fused-ring (bicyclic) bond motifs is 1. The maximum atomic E-state index is 13.2. The van der Waals surface area contributed by atoms with Crippen LogP contribution in [0.3, 0.4) is 0 Å². The smallest absolute Gasteiger partial charge is 0.275 e. The standard InChI is InChI=1S/C30H34N10O4S/c1-20-25(37-45(42)43)16-23(44-20)4-3-10-40-11-9-24-28(31-19-32-29(24)40)35-26-17-33-36-27(26)30(41)34-22-7-5-21(6-8-22)18-39-14-12-38(2)13-15-39/h3-9,11,16-17,19,37H,10,12-15,18H2,1-2H3,(H,33,36)(H,34,41)(H,42,43)(H,31,32,35)/p-1/b4-3+. The summed E-state index contributed by atoms with van der Waals surface area (Å²) in [4.78, 5) is 26.8. The number of allylic oxidation sites excluding steroid dienone is 1. The van der Waals surface area contributed by atoms with E-state index in [1.807, 2.05) is 47.2 Å². The largest absolute Gasteiger partial charge is 0.755 e. The lowest BCUT2D eigenvalue weighted by Gasteiger charge is -2.32. The van der Waals surface area contributed by atoms with Crippen molar-refractivity contribution in [3.05, 3.63) is 84.0 Å². The minimum Gasteiger partial charge on any atom is -0.755 e. The van der Waals surface area contributed by atoms with Gasteiger partial charge in [-0.05, 0) is 43.8 Å². The summed E-state index contributed by atoms with van der Waals surface area (Å²) >= 11 is -2.43. The second kappa shape index (κ2) is 13.4. The number of carbonyl (C=O) groups is 1. The zero-order valence-electron chi connectivity index (χ0n) is 24.8. The molecule has 4 N–H and O–H groups in total. The number of likely N-dealkylation sites (N-methyl/N-ethyl adjacent to an activating group) is 1. The van der Waals surface area contributed by atoms with Gasteiger partial charge in [-0.3, -0.25) is 19.0 Å². The molecule has 1 atom stereocenters. The molecule has 1 amide bonds. The third-order valence-electron chi connectivity index (χ3n) is 7.60. The van der Waals surface area contributed by atoms with E-state index in [1.165, 1.54) is 11.9 Å². The monoisotopic (exact) mass is 629 g/mol. The normalized spacial score (nSPS) is 15.1. The summed E-state index contributed by atoms with van der Waals surface area (Å²) in [6.07, 6.45) is 8.51. The number of piperazine rings is 1. The van der Waals surface area contributed by atoms with Crippen molar-refractivity contribution in [1.82, 2.24) is 34.5 Å². The molecule has 0 bridgehead atoms. The molecule has 0 aliphatic carbocycles. The molecule has 5 heterocycles. The fourth-order valence-electron chi connectivity index (χ4n) is 5.14. The average molecular weight is 630 g/mol. The number of aromatic nitrogens is 5. The van der Waals surface area contributed by atoms with Crippen LogP contribution in [0.25, 0.3) is 17.1 Å². The first-order chi connectivity index (χ1) is 21.8. The highest BCUT2D eigenvalue weighted by Crippen LogP contribution is 2.26. The first-order valence-electron chi connectivity index (χ1n) is 14.4. The van der Waals surface area contributed by atoms with E-state index < -0.39 is 11.3 Å². The molecule has 5 aromatic rings. The van der Waals surface area contributed by atoms with Gasteiger partial charge < -0.3 is 33.8 Å². The van der Waals surface area contributed by atoms with E-state index >= 15 is 0 Å². The van der Waals surface area contributed by atoms with Crippen molar-refractivity contribution >= 4 is 57.2 Å². The van der Waals surface area contributed by atoms with E-state index in [0.29, 0.717) is 46.6 Å². The molecule has 1 aliphatic heterocycles. The topological polar surface area (TPSA) is 172 Å².